The summed E-state index contributed by atoms with van der Waals surface area (Å²) < 4.78 is 37.4. The smallest absolute Gasteiger partial charge is 0.243 e. The van der Waals surface area contributed by atoms with Crippen LogP contribution in [0.2, 0.25) is 0 Å². The van der Waals surface area contributed by atoms with Gasteiger partial charge in [0.05, 0.1) is 19.1 Å². The van der Waals surface area contributed by atoms with Crippen LogP contribution in [0.4, 0.5) is 0 Å². The first-order valence-electron chi connectivity index (χ1n) is 8.54. The van der Waals surface area contributed by atoms with E-state index in [0.29, 0.717) is 24.6 Å². The van der Waals surface area contributed by atoms with E-state index in [0.717, 1.165) is 0 Å². The normalized spacial score (nSPS) is 15.3. The van der Waals surface area contributed by atoms with Crippen LogP contribution in [-0.4, -0.2) is 76.4 Å². The second-order valence-corrected chi connectivity index (χ2v) is 7.97. The molecule has 10 heteroatoms. The Balaban J connectivity index is 2.00. The quantitative estimate of drug-likeness (QED) is 0.695. The van der Waals surface area contributed by atoms with Gasteiger partial charge in [0.25, 0.3) is 0 Å². The zero-order valence-electron chi connectivity index (χ0n) is 15.7. The van der Waals surface area contributed by atoms with E-state index in [2.05, 4.69) is 5.32 Å². The summed E-state index contributed by atoms with van der Waals surface area (Å²) in [6.45, 7) is 2.71. The molecule has 1 saturated heterocycles. The van der Waals surface area contributed by atoms with Gasteiger partial charge in [0.1, 0.15) is 0 Å². The Hall–Kier alpha value is -2.33. The Morgan fingerprint density at radius 2 is 1.70 bits per heavy atom. The molecule has 0 bridgehead atoms. The molecule has 0 aromatic heterocycles. The molecule has 1 aromatic carbocycles. The maximum atomic E-state index is 12.9. The number of carbonyl (C=O) groups excluding carboxylic acids is 2. The molecule has 1 fully saturated rings. The first-order valence-corrected chi connectivity index (χ1v) is 9.98. The molecule has 1 aliphatic heterocycles. The highest BCUT2D eigenvalue weighted by Crippen LogP contribution is 2.30. The highest BCUT2D eigenvalue weighted by atomic mass is 32.2. The standard InChI is InChI=1S/C17H25N3O6S/c1-13(21)18-7-6-17(22)19-8-10-20(11-9-19)27(23,24)14-4-5-15(25-2)16(12-14)26-3/h4-5,12H,6-11H2,1-3H3,(H,18,21). The van der Waals surface area contributed by atoms with Crippen LogP contribution in [0.5, 0.6) is 11.5 Å². The Morgan fingerprint density at radius 1 is 1.07 bits per heavy atom. The molecule has 2 rings (SSSR count). The molecule has 1 aromatic rings. The van der Waals surface area contributed by atoms with Gasteiger partial charge in [-0.25, -0.2) is 8.42 Å². The van der Waals surface area contributed by atoms with Crippen molar-refractivity contribution >= 4 is 21.8 Å². The lowest BCUT2D eigenvalue weighted by Gasteiger charge is -2.34. The number of methoxy groups -OCH3 is 2. The van der Waals surface area contributed by atoms with Gasteiger partial charge in [-0.15, -0.1) is 0 Å². The lowest BCUT2D eigenvalue weighted by Crippen LogP contribution is -2.50. The molecular weight excluding hydrogens is 374 g/mol. The first kappa shape index (κ1) is 21.0. The lowest BCUT2D eigenvalue weighted by molar-refractivity contribution is -0.132. The minimum Gasteiger partial charge on any atom is -0.493 e. The number of rotatable bonds is 7. The molecule has 27 heavy (non-hydrogen) atoms. The van der Waals surface area contributed by atoms with E-state index in [1.54, 1.807) is 11.0 Å². The fourth-order valence-corrected chi connectivity index (χ4v) is 4.25. The molecule has 0 spiro atoms. The van der Waals surface area contributed by atoms with E-state index in [1.807, 2.05) is 0 Å². The monoisotopic (exact) mass is 399 g/mol. The van der Waals surface area contributed by atoms with Crippen molar-refractivity contribution in [3.8, 4) is 11.5 Å². The van der Waals surface area contributed by atoms with Crippen LogP contribution in [0.25, 0.3) is 0 Å². The van der Waals surface area contributed by atoms with Crippen LogP contribution in [0, 0.1) is 0 Å². The molecule has 0 unspecified atom stereocenters. The third-order valence-corrected chi connectivity index (χ3v) is 6.19. The van der Waals surface area contributed by atoms with Gasteiger partial charge in [-0.2, -0.15) is 4.31 Å². The van der Waals surface area contributed by atoms with Crippen LogP contribution < -0.4 is 14.8 Å². The second-order valence-electron chi connectivity index (χ2n) is 6.03. The zero-order valence-corrected chi connectivity index (χ0v) is 16.5. The summed E-state index contributed by atoms with van der Waals surface area (Å²) in [4.78, 5) is 24.7. The number of piperazine rings is 1. The average Bonchev–Trinajstić information content (AvgIpc) is 2.67. The van der Waals surface area contributed by atoms with E-state index >= 15 is 0 Å². The molecule has 0 aliphatic carbocycles. The number of hydrogen-bond donors (Lipinski definition) is 1. The van der Waals surface area contributed by atoms with Gasteiger partial charge in [0.15, 0.2) is 11.5 Å². The van der Waals surface area contributed by atoms with Crippen LogP contribution in [0.3, 0.4) is 0 Å². The van der Waals surface area contributed by atoms with Crippen molar-refractivity contribution in [2.75, 3.05) is 46.9 Å². The third-order valence-electron chi connectivity index (χ3n) is 4.30. The summed E-state index contributed by atoms with van der Waals surface area (Å²) in [6.07, 6.45) is 0.196. The summed E-state index contributed by atoms with van der Waals surface area (Å²) in [7, 11) is -0.770. The van der Waals surface area contributed by atoms with Gasteiger partial charge in [-0.05, 0) is 12.1 Å². The van der Waals surface area contributed by atoms with E-state index in [1.165, 1.54) is 37.6 Å². The Bertz CT molecular complexity index is 788. The fourth-order valence-electron chi connectivity index (χ4n) is 2.81. The highest BCUT2D eigenvalue weighted by molar-refractivity contribution is 7.89. The molecule has 1 heterocycles. The fraction of sp³-hybridized carbons (Fsp3) is 0.529. The Morgan fingerprint density at radius 3 is 2.26 bits per heavy atom. The topological polar surface area (TPSA) is 105 Å². The van der Waals surface area contributed by atoms with E-state index in [4.69, 9.17) is 9.47 Å². The summed E-state index contributed by atoms with van der Waals surface area (Å²) >= 11 is 0. The maximum absolute atomic E-state index is 12.9. The minimum absolute atomic E-state index is 0.105. The van der Waals surface area contributed by atoms with Gasteiger partial charge >= 0.3 is 0 Å². The summed E-state index contributed by atoms with van der Waals surface area (Å²) in [5.74, 6) is 0.497. The van der Waals surface area contributed by atoms with Crippen molar-refractivity contribution in [3.05, 3.63) is 18.2 Å². The highest BCUT2D eigenvalue weighted by Gasteiger charge is 2.30. The molecular formula is C17H25N3O6S. The van der Waals surface area contributed by atoms with E-state index in [9.17, 15) is 18.0 Å². The SMILES string of the molecule is COc1ccc(S(=O)(=O)N2CCN(C(=O)CCNC(C)=O)CC2)cc1OC. The van der Waals surface area contributed by atoms with Gasteiger partial charge < -0.3 is 19.7 Å². The lowest BCUT2D eigenvalue weighted by atomic mass is 10.3. The van der Waals surface area contributed by atoms with Gasteiger partial charge in [0.2, 0.25) is 21.8 Å². The van der Waals surface area contributed by atoms with Crippen LogP contribution in [0.15, 0.2) is 23.1 Å². The molecule has 0 atom stereocenters. The van der Waals surface area contributed by atoms with Crippen LogP contribution in [-0.2, 0) is 19.6 Å². The molecule has 1 aliphatic rings. The van der Waals surface area contributed by atoms with Crippen molar-refractivity contribution in [1.82, 2.24) is 14.5 Å². The predicted octanol–water partition coefficient (Wildman–Crippen LogP) is 0.0629. The maximum Gasteiger partial charge on any atom is 0.243 e. The Kier molecular flexibility index (Phi) is 7.03. The molecule has 2 amide bonds. The molecule has 0 radical (unpaired) electrons. The third kappa shape index (κ3) is 5.10. The molecule has 150 valence electrons. The van der Waals surface area contributed by atoms with Crippen molar-refractivity contribution in [2.45, 2.75) is 18.2 Å². The van der Waals surface area contributed by atoms with E-state index in [-0.39, 0.29) is 42.8 Å². The van der Waals surface area contributed by atoms with Gasteiger partial charge in [-0.1, -0.05) is 0 Å². The summed E-state index contributed by atoms with van der Waals surface area (Å²) in [5.41, 5.74) is 0. The number of carbonyl (C=O) groups is 2. The summed E-state index contributed by atoms with van der Waals surface area (Å²) in [5, 5.41) is 2.58. The molecule has 9 nitrogen and oxygen atoms in total. The Labute approximate surface area is 159 Å². The first-order chi connectivity index (χ1) is 12.8. The molecule has 1 N–H and O–H groups in total. The number of nitrogens with zero attached hydrogens (tertiary/aromatic N) is 2. The second kappa shape index (κ2) is 9.05. The number of amides is 2. The number of ether oxygens (including phenoxy) is 2. The number of sulfonamides is 1. The molecule has 0 saturated carbocycles. The largest absolute Gasteiger partial charge is 0.493 e. The van der Waals surface area contributed by atoms with Crippen molar-refractivity contribution in [2.24, 2.45) is 0 Å². The number of hydrogen-bond acceptors (Lipinski definition) is 6. The minimum atomic E-state index is -3.69. The van der Waals surface area contributed by atoms with Crippen LogP contribution >= 0.6 is 0 Å². The average molecular weight is 399 g/mol. The number of benzene rings is 1. The van der Waals surface area contributed by atoms with Crippen molar-refractivity contribution in [1.29, 1.82) is 0 Å². The summed E-state index contributed by atoms with van der Waals surface area (Å²) in [6, 6.07) is 4.45. The zero-order chi connectivity index (χ0) is 20.0. The van der Waals surface area contributed by atoms with Gasteiger partial charge in [0, 0.05) is 52.1 Å². The number of nitrogens with one attached hydrogen (secondary N) is 1. The van der Waals surface area contributed by atoms with Crippen LogP contribution in [0.1, 0.15) is 13.3 Å². The van der Waals surface area contributed by atoms with E-state index < -0.39 is 10.0 Å². The van der Waals surface area contributed by atoms with Crippen molar-refractivity contribution in [3.63, 3.8) is 0 Å². The van der Waals surface area contributed by atoms with Crippen molar-refractivity contribution < 1.29 is 27.5 Å². The van der Waals surface area contributed by atoms with Gasteiger partial charge in [-0.3, -0.25) is 9.59 Å². The predicted molar refractivity (Wildman–Crippen MR) is 98.2 cm³/mol.